The zero-order chi connectivity index (χ0) is 18.7. The lowest BCUT2D eigenvalue weighted by Gasteiger charge is -2.32. The molecule has 0 unspecified atom stereocenters. The van der Waals surface area contributed by atoms with Crippen LogP contribution in [0, 0.1) is 0 Å². The third-order valence-electron chi connectivity index (χ3n) is 4.38. The van der Waals surface area contributed by atoms with Crippen LogP contribution in [0.2, 0.25) is 0 Å². The summed E-state index contributed by atoms with van der Waals surface area (Å²) in [5, 5.41) is 2.88. The number of piperidine rings is 1. The maximum atomic E-state index is 12.7. The van der Waals surface area contributed by atoms with Crippen molar-refractivity contribution < 1.29 is 20.2 Å². The quantitative estimate of drug-likeness (QED) is 0.871. The van der Waals surface area contributed by atoms with Gasteiger partial charge in [-0.15, -0.1) is 0 Å². The van der Waals surface area contributed by atoms with E-state index in [1.807, 2.05) is 51.1 Å². The molecule has 0 bridgehead atoms. The maximum Gasteiger partial charge on any atom is 0.407 e. The molecule has 1 aliphatic heterocycles. The number of hydrogen-bond donors (Lipinski definition) is 1. The zero-order valence-electron chi connectivity index (χ0n) is 15.6. The van der Waals surface area contributed by atoms with Crippen molar-refractivity contribution in [3.8, 4) is 0 Å². The summed E-state index contributed by atoms with van der Waals surface area (Å²) in [5.74, 6) is 1.11. The van der Waals surface area contributed by atoms with Crippen LogP contribution in [0.4, 0.5) is 4.79 Å². The van der Waals surface area contributed by atoms with Crippen molar-refractivity contribution in [3.05, 3.63) is 41.4 Å². The fourth-order valence-electron chi connectivity index (χ4n) is 3.12. The van der Waals surface area contributed by atoms with E-state index in [0.717, 1.165) is 11.3 Å². The number of ether oxygens (including phenoxy) is 1. The highest BCUT2D eigenvalue weighted by Crippen LogP contribution is 2.23. The first-order chi connectivity index (χ1) is 12.3. The van der Waals surface area contributed by atoms with Gasteiger partial charge < -0.3 is 19.4 Å². The summed E-state index contributed by atoms with van der Waals surface area (Å²) in [6, 6.07) is 1.84. The van der Waals surface area contributed by atoms with Gasteiger partial charge in [0.15, 0.2) is 5.76 Å². The van der Waals surface area contributed by atoms with Gasteiger partial charge in [-0.3, -0.25) is 4.79 Å². The number of likely N-dealkylation sites (tertiary alicyclic amines) is 1. The molecule has 1 aromatic heterocycles. The molecule has 2 amide bonds. The minimum Gasteiger partial charge on any atom is -0.455 e. The molecule has 1 fully saturated rings. The number of carbonyl (C=O) groups excluding carboxylic acids is 2. The molecule has 2 aliphatic rings. The monoisotopic (exact) mass is 360 g/mol. The van der Waals surface area contributed by atoms with Crippen molar-refractivity contribution in [2.45, 2.75) is 51.7 Å². The van der Waals surface area contributed by atoms with Crippen LogP contribution >= 0.6 is 0 Å². The first-order valence-corrected chi connectivity index (χ1v) is 9.06. The van der Waals surface area contributed by atoms with Crippen LogP contribution in [0.25, 0.3) is 6.08 Å². The summed E-state index contributed by atoms with van der Waals surface area (Å²) in [4.78, 5) is 26.3. The summed E-state index contributed by atoms with van der Waals surface area (Å²) in [7, 11) is 0. The lowest BCUT2D eigenvalue weighted by atomic mass is 10.0. The molecule has 142 valence electrons. The minimum absolute atomic E-state index is 0. The Kier molecular flexibility index (Phi) is 5.20. The smallest absolute Gasteiger partial charge is 0.407 e. The van der Waals surface area contributed by atoms with Crippen molar-refractivity contribution in [1.29, 1.82) is 0 Å². The summed E-state index contributed by atoms with van der Waals surface area (Å²) < 4.78 is 11.0. The summed E-state index contributed by atoms with van der Waals surface area (Å²) in [5.41, 5.74) is 0.446. The van der Waals surface area contributed by atoms with E-state index in [2.05, 4.69) is 5.32 Å². The predicted octanol–water partition coefficient (Wildman–Crippen LogP) is 3.78. The van der Waals surface area contributed by atoms with E-state index in [4.69, 9.17) is 9.15 Å². The van der Waals surface area contributed by atoms with Crippen LogP contribution in [-0.2, 0) is 11.2 Å². The topological polar surface area (TPSA) is 71.8 Å². The number of nitrogens with one attached hydrogen (secondary N) is 1. The standard InChI is InChI=1S/C20H26N2O4.H2/c1-20(2,3)26-19(24)21-15-9-11-22(12-10-15)18(23)17-13-14-7-5-4-6-8-16(14)25-17;/h4-7,13,15H,8-12H2,1-3H3,(H,21,24);1H. The predicted molar refractivity (Wildman–Crippen MR) is 101 cm³/mol. The maximum absolute atomic E-state index is 12.7. The molecule has 2 heterocycles. The normalized spacial score (nSPS) is 17.6. The lowest BCUT2D eigenvalue weighted by Crippen LogP contribution is -2.47. The van der Waals surface area contributed by atoms with E-state index >= 15 is 0 Å². The number of allylic oxidation sites excluding steroid dienone is 3. The van der Waals surface area contributed by atoms with Crippen molar-refractivity contribution in [1.82, 2.24) is 10.2 Å². The molecule has 3 rings (SSSR count). The number of rotatable bonds is 2. The lowest BCUT2D eigenvalue weighted by molar-refractivity contribution is 0.0470. The van der Waals surface area contributed by atoms with Gasteiger partial charge in [0.1, 0.15) is 11.4 Å². The van der Waals surface area contributed by atoms with E-state index in [-0.39, 0.29) is 13.4 Å². The zero-order valence-corrected chi connectivity index (χ0v) is 15.6. The molecule has 0 atom stereocenters. The first kappa shape index (κ1) is 18.3. The third-order valence-corrected chi connectivity index (χ3v) is 4.38. The Morgan fingerprint density at radius 2 is 2.00 bits per heavy atom. The van der Waals surface area contributed by atoms with Crippen molar-refractivity contribution in [3.63, 3.8) is 0 Å². The molecule has 0 saturated carbocycles. The van der Waals surface area contributed by atoms with Gasteiger partial charge in [0.2, 0.25) is 0 Å². The number of amides is 2. The Balaban J connectivity index is 0.00000261. The van der Waals surface area contributed by atoms with Crippen molar-refractivity contribution in [2.24, 2.45) is 0 Å². The third kappa shape index (κ3) is 4.56. The fourth-order valence-corrected chi connectivity index (χ4v) is 3.12. The highest BCUT2D eigenvalue weighted by Gasteiger charge is 2.28. The minimum atomic E-state index is -0.512. The summed E-state index contributed by atoms with van der Waals surface area (Å²) in [6.07, 6.45) is 9.57. The summed E-state index contributed by atoms with van der Waals surface area (Å²) >= 11 is 0. The van der Waals surface area contributed by atoms with Gasteiger partial charge in [-0.1, -0.05) is 24.3 Å². The van der Waals surface area contributed by atoms with Crippen LogP contribution in [0.1, 0.15) is 56.9 Å². The average molecular weight is 360 g/mol. The number of alkyl carbamates (subject to hydrolysis) is 1. The van der Waals surface area contributed by atoms with E-state index in [1.165, 1.54) is 0 Å². The number of nitrogens with zero attached hydrogens (tertiary/aromatic N) is 1. The first-order valence-electron chi connectivity index (χ1n) is 9.06. The number of furan rings is 1. The van der Waals surface area contributed by atoms with Gasteiger partial charge in [0.05, 0.1) is 0 Å². The number of fused-ring (bicyclic) bond motifs is 1. The van der Waals surface area contributed by atoms with Crippen molar-refractivity contribution >= 4 is 18.1 Å². The highest BCUT2D eigenvalue weighted by atomic mass is 16.6. The van der Waals surface area contributed by atoms with Gasteiger partial charge in [0.25, 0.3) is 5.91 Å². The second-order valence-electron chi connectivity index (χ2n) is 7.69. The molecule has 6 nitrogen and oxygen atoms in total. The second kappa shape index (κ2) is 7.40. The van der Waals surface area contributed by atoms with E-state index in [9.17, 15) is 9.59 Å². The van der Waals surface area contributed by atoms with E-state index in [0.29, 0.717) is 38.1 Å². The Bertz CT molecular complexity index is 738. The number of carbonyl (C=O) groups is 2. The average Bonchev–Trinajstić information content (AvgIpc) is 2.84. The molecule has 1 aliphatic carbocycles. The Hall–Kier alpha value is -2.50. The van der Waals surface area contributed by atoms with Gasteiger partial charge in [-0.25, -0.2) is 4.79 Å². The summed E-state index contributed by atoms with van der Waals surface area (Å²) in [6.45, 7) is 6.68. The molecular formula is C20H28N2O4. The van der Waals surface area contributed by atoms with Crippen LogP contribution in [0.15, 0.2) is 28.7 Å². The SMILES string of the molecule is CC(C)(C)OC(=O)NC1CCN(C(=O)c2cc3c(o2)CC=CC=C3)CC1.[HH]. The highest BCUT2D eigenvalue weighted by molar-refractivity contribution is 5.92. The van der Waals surface area contributed by atoms with Gasteiger partial charge >= 0.3 is 6.09 Å². The van der Waals surface area contributed by atoms with Gasteiger partial charge in [-0.2, -0.15) is 0 Å². The van der Waals surface area contributed by atoms with E-state index < -0.39 is 11.7 Å². The Morgan fingerprint density at radius 1 is 1.27 bits per heavy atom. The molecule has 26 heavy (non-hydrogen) atoms. The largest absolute Gasteiger partial charge is 0.455 e. The molecule has 1 aromatic rings. The molecule has 0 radical (unpaired) electrons. The molecule has 6 heteroatoms. The Labute approximate surface area is 155 Å². The van der Waals surface area contributed by atoms with Gasteiger partial charge in [-0.05, 0) is 39.7 Å². The fraction of sp³-hybridized carbons (Fsp3) is 0.500. The number of hydrogen-bond acceptors (Lipinski definition) is 4. The molecule has 1 N–H and O–H groups in total. The van der Waals surface area contributed by atoms with Gasteiger partial charge in [0, 0.05) is 32.5 Å². The molecule has 1 saturated heterocycles. The second-order valence-corrected chi connectivity index (χ2v) is 7.69. The molecule has 0 aromatic carbocycles. The van der Waals surface area contributed by atoms with Crippen molar-refractivity contribution in [2.75, 3.05) is 13.1 Å². The van der Waals surface area contributed by atoms with Crippen LogP contribution < -0.4 is 5.32 Å². The van der Waals surface area contributed by atoms with Crippen LogP contribution in [-0.4, -0.2) is 41.6 Å². The van der Waals surface area contributed by atoms with Crippen LogP contribution in [0.5, 0.6) is 0 Å². The molecular weight excluding hydrogens is 332 g/mol. The van der Waals surface area contributed by atoms with Crippen LogP contribution in [0.3, 0.4) is 0 Å². The molecule has 0 spiro atoms. The van der Waals surface area contributed by atoms with E-state index in [1.54, 1.807) is 4.90 Å². The Morgan fingerprint density at radius 3 is 2.69 bits per heavy atom.